The van der Waals surface area contributed by atoms with E-state index in [0.29, 0.717) is 8.04 Å². The molecule has 0 bridgehead atoms. The van der Waals surface area contributed by atoms with Crippen molar-refractivity contribution in [2.45, 2.75) is 0 Å². The predicted molar refractivity (Wildman–Crippen MR) is 71.6 cm³/mol. The van der Waals surface area contributed by atoms with Gasteiger partial charge >= 0.3 is 0 Å². The maximum atomic E-state index is 11.4. The zero-order valence-electron chi connectivity index (χ0n) is 7.17. The Kier molecular flexibility index (Phi) is 4.65. The SMILES string of the molecule is O=C(CBr)c1ccc(I)c(Br)c1[N+](=O)[O-]. The molecule has 0 aliphatic rings. The van der Waals surface area contributed by atoms with Gasteiger partial charge in [-0.2, -0.15) is 0 Å². The highest BCUT2D eigenvalue weighted by Gasteiger charge is 2.24. The Balaban J connectivity index is 3.46. The second-order valence-electron chi connectivity index (χ2n) is 2.57. The van der Waals surface area contributed by atoms with Crippen molar-refractivity contribution in [3.8, 4) is 0 Å². The zero-order chi connectivity index (χ0) is 11.6. The highest BCUT2D eigenvalue weighted by atomic mass is 127. The highest BCUT2D eigenvalue weighted by molar-refractivity contribution is 14.1. The normalized spacial score (nSPS) is 10.1. The molecule has 80 valence electrons. The second-order valence-corrected chi connectivity index (χ2v) is 5.09. The zero-order valence-corrected chi connectivity index (χ0v) is 12.5. The van der Waals surface area contributed by atoms with Crippen LogP contribution in [0.2, 0.25) is 0 Å². The molecular formula is C8H4Br2INO3. The van der Waals surface area contributed by atoms with Crippen LogP contribution < -0.4 is 0 Å². The molecule has 4 nitrogen and oxygen atoms in total. The molecule has 0 N–H and O–H groups in total. The lowest BCUT2D eigenvalue weighted by atomic mass is 10.1. The van der Waals surface area contributed by atoms with Gasteiger partial charge in [-0.05, 0) is 50.7 Å². The van der Waals surface area contributed by atoms with Crippen molar-refractivity contribution < 1.29 is 9.72 Å². The molecule has 0 heterocycles. The summed E-state index contributed by atoms with van der Waals surface area (Å²) >= 11 is 8.06. The second kappa shape index (κ2) is 5.35. The smallest absolute Gasteiger partial charge is 0.293 e. The molecule has 1 rings (SSSR count). The third-order valence-corrected chi connectivity index (χ3v) is 4.63. The minimum absolute atomic E-state index is 0.0703. The molecule has 0 aromatic heterocycles. The molecule has 1 aromatic carbocycles. The van der Waals surface area contributed by atoms with Gasteiger partial charge in [-0.25, -0.2) is 0 Å². The molecule has 1 aromatic rings. The van der Waals surface area contributed by atoms with Gasteiger partial charge in [0.25, 0.3) is 5.69 Å². The first kappa shape index (κ1) is 13.0. The third kappa shape index (κ3) is 2.76. The van der Waals surface area contributed by atoms with Crippen LogP contribution in [0.3, 0.4) is 0 Å². The van der Waals surface area contributed by atoms with E-state index in [9.17, 15) is 14.9 Å². The van der Waals surface area contributed by atoms with Gasteiger partial charge in [-0.15, -0.1) is 0 Å². The Morgan fingerprint density at radius 1 is 1.53 bits per heavy atom. The number of carbonyl (C=O) groups is 1. The fourth-order valence-electron chi connectivity index (χ4n) is 1.02. The van der Waals surface area contributed by atoms with Crippen molar-refractivity contribution in [3.05, 3.63) is 35.9 Å². The molecule has 7 heteroatoms. The van der Waals surface area contributed by atoms with Crippen molar-refractivity contribution in [2.75, 3.05) is 5.33 Å². The topological polar surface area (TPSA) is 60.2 Å². The molecule has 0 saturated heterocycles. The van der Waals surface area contributed by atoms with Crippen molar-refractivity contribution in [2.24, 2.45) is 0 Å². The van der Waals surface area contributed by atoms with Gasteiger partial charge in [0, 0.05) is 3.57 Å². The highest BCUT2D eigenvalue weighted by Crippen LogP contribution is 2.33. The van der Waals surface area contributed by atoms with Gasteiger partial charge in [0.1, 0.15) is 4.47 Å². The number of benzene rings is 1. The van der Waals surface area contributed by atoms with E-state index in [2.05, 4.69) is 31.9 Å². The summed E-state index contributed by atoms with van der Waals surface area (Å²) in [4.78, 5) is 21.7. The maximum absolute atomic E-state index is 11.4. The van der Waals surface area contributed by atoms with Crippen LogP contribution in [0.25, 0.3) is 0 Å². The summed E-state index contributed by atoms with van der Waals surface area (Å²) in [5, 5.41) is 10.9. The van der Waals surface area contributed by atoms with E-state index in [1.165, 1.54) is 6.07 Å². The number of halogens is 3. The fourth-order valence-corrected chi connectivity index (χ4v) is 2.24. The van der Waals surface area contributed by atoms with Crippen molar-refractivity contribution in [1.82, 2.24) is 0 Å². The number of nitro groups is 1. The van der Waals surface area contributed by atoms with Crippen LogP contribution >= 0.6 is 54.5 Å². The van der Waals surface area contributed by atoms with E-state index in [-0.39, 0.29) is 22.4 Å². The molecule has 15 heavy (non-hydrogen) atoms. The monoisotopic (exact) mass is 447 g/mol. The number of alkyl halides is 1. The Morgan fingerprint density at radius 3 is 2.60 bits per heavy atom. The average molecular weight is 449 g/mol. The lowest BCUT2D eigenvalue weighted by Crippen LogP contribution is -2.06. The van der Waals surface area contributed by atoms with Crippen molar-refractivity contribution in [1.29, 1.82) is 0 Å². The van der Waals surface area contributed by atoms with Crippen LogP contribution in [0.4, 0.5) is 5.69 Å². The molecule has 0 aliphatic heterocycles. The summed E-state index contributed by atoms with van der Waals surface area (Å²) < 4.78 is 1.05. The fraction of sp³-hybridized carbons (Fsp3) is 0.125. The van der Waals surface area contributed by atoms with Gasteiger partial charge in [-0.1, -0.05) is 15.9 Å². The van der Waals surface area contributed by atoms with Gasteiger partial charge in [0.05, 0.1) is 15.8 Å². The van der Waals surface area contributed by atoms with E-state index in [4.69, 9.17) is 0 Å². The lowest BCUT2D eigenvalue weighted by molar-refractivity contribution is -0.386. The van der Waals surface area contributed by atoms with Gasteiger partial charge < -0.3 is 0 Å². The van der Waals surface area contributed by atoms with E-state index in [1.807, 2.05) is 22.6 Å². The summed E-state index contributed by atoms with van der Waals surface area (Å²) in [6, 6.07) is 3.13. The standard InChI is InChI=1S/C8H4Br2INO3/c9-3-6(13)4-1-2-5(11)7(10)8(4)12(14)15/h1-2H,3H2. The molecule has 0 fully saturated rings. The molecule has 0 spiro atoms. The number of hydrogen-bond acceptors (Lipinski definition) is 3. The quantitative estimate of drug-likeness (QED) is 0.234. The molecule has 0 amide bonds. The Bertz CT molecular complexity index is 436. The van der Waals surface area contributed by atoms with E-state index >= 15 is 0 Å². The van der Waals surface area contributed by atoms with Crippen LogP contribution in [-0.4, -0.2) is 16.0 Å². The number of Topliss-reactive ketones (excluding diaryl/α,β-unsaturated/α-hetero) is 1. The molecule has 0 aliphatic carbocycles. The third-order valence-electron chi connectivity index (χ3n) is 1.67. The summed E-state index contributed by atoms with van der Waals surface area (Å²) in [6.07, 6.45) is 0. The molecule has 0 radical (unpaired) electrons. The Labute approximate surface area is 116 Å². The predicted octanol–water partition coefficient (Wildman–Crippen LogP) is 3.54. The average Bonchev–Trinajstić information content (AvgIpc) is 2.20. The summed E-state index contributed by atoms with van der Waals surface area (Å²) in [7, 11) is 0. The number of carbonyl (C=O) groups excluding carboxylic acids is 1. The first-order chi connectivity index (χ1) is 6.99. The number of ketones is 1. The Hall–Kier alpha value is -0.0200. The van der Waals surface area contributed by atoms with Crippen molar-refractivity contribution >= 4 is 65.9 Å². The van der Waals surface area contributed by atoms with Gasteiger partial charge in [0.2, 0.25) is 0 Å². The first-order valence-corrected chi connectivity index (χ1v) is 6.70. The molecular weight excluding hydrogens is 445 g/mol. The summed E-state index contributed by atoms with van der Waals surface area (Å²) in [6.45, 7) is 0. The first-order valence-electron chi connectivity index (χ1n) is 3.70. The maximum Gasteiger partial charge on any atom is 0.295 e. The van der Waals surface area contributed by atoms with Gasteiger partial charge in [-0.3, -0.25) is 14.9 Å². The van der Waals surface area contributed by atoms with E-state index < -0.39 is 4.92 Å². The molecule has 0 saturated carbocycles. The van der Waals surface area contributed by atoms with E-state index in [0.717, 1.165) is 0 Å². The van der Waals surface area contributed by atoms with Crippen molar-refractivity contribution in [3.63, 3.8) is 0 Å². The Morgan fingerprint density at radius 2 is 2.13 bits per heavy atom. The summed E-state index contributed by atoms with van der Waals surface area (Å²) in [5.74, 6) is -0.307. The van der Waals surface area contributed by atoms with Gasteiger partial charge in [0.15, 0.2) is 5.78 Å². The van der Waals surface area contributed by atoms with Crippen LogP contribution in [0, 0.1) is 13.7 Å². The summed E-state index contributed by atoms with van der Waals surface area (Å²) in [5.41, 5.74) is -0.0597. The van der Waals surface area contributed by atoms with Crippen LogP contribution in [0.15, 0.2) is 16.6 Å². The molecule has 0 unspecified atom stereocenters. The van der Waals surface area contributed by atoms with Crippen LogP contribution in [0.1, 0.15) is 10.4 Å². The molecule has 0 atom stereocenters. The largest absolute Gasteiger partial charge is 0.295 e. The minimum atomic E-state index is -0.553. The number of nitro benzene ring substituents is 1. The van der Waals surface area contributed by atoms with Crippen LogP contribution in [-0.2, 0) is 0 Å². The number of rotatable bonds is 3. The number of hydrogen-bond donors (Lipinski definition) is 0. The lowest BCUT2D eigenvalue weighted by Gasteiger charge is -2.03. The van der Waals surface area contributed by atoms with E-state index in [1.54, 1.807) is 6.07 Å². The van der Waals surface area contributed by atoms with Crippen LogP contribution in [0.5, 0.6) is 0 Å². The minimum Gasteiger partial charge on any atom is -0.293 e. The number of nitrogens with zero attached hydrogens (tertiary/aromatic N) is 1.